The first kappa shape index (κ1) is 13.8. The normalized spacial score (nSPS) is 11.5. The third-order valence-electron chi connectivity index (χ3n) is 3.22. The van der Waals surface area contributed by atoms with E-state index >= 15 is 0 Å². The smallest absolute Gasteiger partial charge is 0.207 e. The van der Waals surface area contributed by atoms with Crippen LogP contribution in [0.5, 0.6) is 0 Å². The molecule has 0 saturated carbocycles. The van der Waals surface area contributed by atoms with Gasteiger partial charge in [-0.3, -0.25) is 0 Å². The fraction of sp³-hybridized carbons (Fsp3) is 0.200. The maximum absolute atomic E-state index is 12.1. The molecular formula is C15H17NO2S. The molecular weight excluding hydrogens is 258 g/mol. The van der Waals surface area contributed by atoms with Gasteiger partial charge >= 0.3 is 0 Å². The number of hydrogen-bond acceptors (Lipinski definition) is 2. The van der Waals surface area contributed by atoms with E-state index in [0.717, 1.165) is 16.7 Å². The lowest BCUT2D eigenvalue weighted by Crippen LogP contribution is -2.23. The summed E-state index contributed by atoms with van der Waals surface area (Å²) in [7, 11) is -3.44. The molecule has 0 atom stereocenters. The molecule has 0 aliphatic carbocycles. The van der Waals surface area contributed by atoms with E-state index in [1.807, 2.05) is 32.0 Å². The molecule has 4 heteroatoms. The molecule has 0 unspecified atom stereocenters. The highest BCUT2D eigenvalue weighted by Gasteiger charge is 2.13. The summed E-state index contributed by atoms with van der Waals surface area (Å²) in [5, 5.41) is 0. The van der Waals surface area contributed by atoms with Gasteiger partial charge in [0, 0.05) is 6.54 Å². The second-order valence-electron chi connectivity index (χ2n) is 4.50. The van der Waals surface area contributed by atoms with Crippen molar-refractivity contribution in [1.82, 2.24) is 4.72 Å². The predicted octanol–water partition coefficient (Wildman–Crippen LogP) is 2.78. The molecule has 2 rings (SSSR count). The van der Waals surface area contributed by atoms with Crippen LogP contribution in [0, 0.1) is 13.8 Å². The summed E-state index contributed by atoms with van der Waals surface area (Å²) in [5.41, 5.74) is 3.29. The average Bonchev–Trinajstić information content (AvgIpc) is 2.41. The Morgan fingerprint density at radius 3 is 2.32 bits per heavy atom. The van der Waals surface area contributed by atoms with Crippen LogP contribution in [0.3, 0.4) is 0 Å². The first-order chi connectivity index (χ1) is 9.00. The van der Waals surface area contributed by atoms with Gasteiger partial charge in [0.25, 0.3) is 0 Å². The Balaban J connectivity index is 2.17. The van der Waals surface area contributed by atoms with Crippen molar-refractivity contribution in [3.63, 3.8) is 0 Å². The SMILES string of the molecule is Cc1cccc(CNS(=O)(=O)c2ccccc2)c1C. The van der Waals surface area contributed by atoms with Crippen molar-refractivity contribution in [1.29, 1.82) is 0 Å². The summed E-state index contributed by atoms with van der Waals surface area (Å²) in [5.74, 6) is 0. The molecule has 0 aliphatic heterocycles. The molecule has 0 amide bonds. The van der Waals surface area contributed by atoms with E-state index in [-0.39, 0.29) is 0 Å². The maximum Gasteiger partial charge on any atom is 0.240 e. The van der Waals surface area contributed by atoms with Gasteiger partial charge in [-0.15, -0.1) is 0 Å². The van der Waals surface area contributed by atoms with Crippen LogP contribution in [0.15, 0.2) is 53.4 Å². The third-order valence-corrected chi connectivity index (χ3v) is 4.64. The zero-order valence-electron chi connectivity index (χ0n) is 11.1. The van der Waals surface area contributed by atoms with Crippen LogP contribution >= 0.6 is 0 Å². The minimum atomic E-state index is -3.44. The van der Waals surface area contributed by atoms with Crippen LogP contribution in [-0.2, 0) is 16.6 Å². The Bertz CT molecular complexity index is 664. The lowest BCUT2D eigenvalue weighted by atomic mass is 10.0. The van der Waals surface area contributed by atoms with Crippen LogP contribution in [0.2, 0.25) is 0 Å². The highest BCUT2D eigenvalue weighted by Crippen LogP contribution is 2.14. The van der Waals surface area contributed by atoms with Gasteiger partial charge in [0.1, 0.15) is 0 Å². The summed E-state index contributed by atoms with van der Waals surface area (Å²) < 4.78 is 26.8. The van der Waals surface area contributed by atoms with Gasteiger partial charge in [-0.05, 0) is 42.7 Å². The summed E-state index contributed by atoms with van der Waals surface area (Å²) in [6, 6.07) is 14.3. The van der Waals surface area contributed by atoms with Gasteiger partial charge in [0.15, 0.2) is 0 Å². The zero-order chi connectivity index (χ0) is 13.9. The van der Waals surface area contributed by atoms with Crippen molar-refractivity contribution in [3.05, 3.63) is 65.2 Å². The van der Waals surface area contributed by atoms with Crippen molar-refractivity contribution in [2.75, 3.05) is 0 Å². The molecule has 0 spiro atoms. The topological polar surface area (TPSA) is 46.2 Å². The Labute approximate surface area is 114 Å². The van der Waals surface area contributed by atoms with Gasteiger partial charge in [-0.2, -0.15) is 0 Å². The van der Waals surface area contributed by atoms with Crippen LogP contribution in [0.25, 0.3) is 0 Å². The summed E-state index contributed by atoms with van der Waals surface area (Å²) >= 11 is 0. The summed E-state index contributed by atoms with van der Waals surface area (Å²) in [6.45, 7) is 4.33. The van der Waals surface area contributed by atoms with Crippen molar-refractivity contribution >= 4 is 10.0 Å². The molecule has 0 heterocycles. The van der Waals surface area contributed by atoms with Crippen LogP contribution in [0.1, 0.15) is 16.7 Å². The number of nitrogens with one attached hydrogen (secondary N) is 1. The molecule has 0 radical (unpaired) electrons. The van der Waals surface area contributed by atoms with Crippen LogP contribution < -0.4 is 4.72 Å². The van der Waals surface area contributed by atoms with Crippen molar-refractivity contribution < 1.29 is 8.42 Å². The molecule has 0 saturated heterocycles. The van der Waals surface area contributed by atoms with E-state index < -0.39 is 10.0 Å². The number of aryl methyl sites for hydroxylation is 1. The molecule has 0 fully saturated rings. The molecule has 2 aromatic rings. The van der Waals surface area contributed by atoms with Crippen molar-refractivity contribution in [2.45, 2.75) is 25.3 Å². The number of hydrogen-bond donors (Lipinski definition) is 1. The molecule has 0 bridgehead atoms. The van der Waals surface area contributed by atoms with Crippen LogP contribution in [0.4, 0.5) is 0 Å². The lowest BCUT2D eigenvalue weighted by Gasteiger charge is -2.10. The predicted molar refractivity (Wildman–Crippen MR) is 76.4 cm³/mol. The Morgan fingerprint density at radius 1 is 0.947 bits per heavy atom. The van der Waals surface area contributed by atoms with E-state index in [1.165, 1.54) is 0 Å². The second-order valence-corrected chi connectivity index (χ2v) is 6.26. The van der Waals surface area contributed by atoms with Gasteiger partial charge in [-0.25, -0.2) is 13.1 Å². The minimum Gasteiger partial charge on any atom is -0.207 e. The average molecular weight is 275 g/mol. The molecule has 0 aromatic heterocycles. The third kappa shape index (κ3) is 3.22. The summed E-state index contributed by atoms with van der Waals surface area (Å²) in [4.78, 5) is 0.292. The van der Waals surface area contributed by atoms with Crippen molar-refractivity contribution in [2.24, 2.45) is 0 Å². The molecule has 0 aliphatic rings. The number of rotatable bonds is 4. The Morgan fingerprint density at radius 2 is 1.63 bits per heavy atom. The minimum absolute atomic E-state index is 0.292. The number of sulfonamides is 1. The first-order valence-electron chi connectivity index (χ1n) is 6.10. The Kier molecular flexibility index (Phi) is 4.02. The van der Waals surface area contributed by atoms with Crippen LogP contribution in [-0.4, -0.2) is 8.42 Å². The maximum atomic E-state index is 12.1. The molecule has 19 heavy (non-hydrogen) atoms. The van der Waals surface area contributed by atoms with E-state index in [2.05, 4.69) is 4.72 Å². The standard InChI is InChI=1S/C15H17NO2S/c1-12-7-6-8-14(13(12)2)11-16-19(17,18)15-9-4-3-5-10-15/h3-10,16H,11H2,1-2H3. The van der Waals surface area contributed by atoms with Gasteiger partial charge < -0.3 is 0 Å². The van der Waals surface area contributed by atoms with E-state index in [0.29, 0.717) is 11.4 Å². The molecule has 100 valence electrons. The largest absolute Gasteiger partial charge is 0.240 e. The van der Waals surface area contributed by atoms with Gasteiger partial charge in [-0.1, -0.05) is 36.4 Å². The van der Waals surface area contributed by atoms with E-state index in [1.54, 1.807) is 30.3 Å². The second kappa shape index (κ2) is 5.55. The summed E-state index contributed by atoms with van der Waals surface area (Å²) in [6.07, 6.45) is 0. The molecule has 2 aromatic carbocycles. The quantitative estimate of drug-likeness (QED) is 0.932. The molecule has 3 nitrogen and oxygen atoms in total. The van der Waals surface area contributed by atoms with E-state index in [9.17, 15) is 8.42 Å². The fourth-order valence-electron chi connectivity index (χ4n) is 1.86. The molecule has 1 N–H and O–H groups in total. The zero-order valence-corrected chi connectivity index (χ0v) is 11.9. The highest BCUT2D eigenvalue weighted by molar-refractivity contribution is 7.89. The van der Waals surface area contributed by atoms with E-state index in [4.69, 9.17) is 0 Å². The van der Waals surface area contributed by atoms with Crippen molar-refractivity contribution in [3.8, 4) is 0 Å². The highest BCUT2D eigenvalue weighted by atomic mass is 32.2. The van der Waals surface area contributed by atoms with Gasteiger partial charge in [0.2, 0.25) is 10.0 Å². The lowest BCUT2D eigenvalue weighted by molar-refractivity contribution is 0.581. The first-order valence-corrected chi connectivity index (χ1v) is 7.59. The van der Waals surface area contributed by atoms with Gasteiger partial charge in [0.05, 0.1) is 4.90 Å². The Hall–Kier alpha value is -1.65. The monoisotopic (exact) mass is 275 g/mol. The number of benzene rings is 2. The fourth-order valence-corrected chi connectivity index (χ4v) is 2.89.